The molecule has 5 nitrogen and oxygen atoms in total. The van der Waals surface area contributed by atoms with Crippen molar-refractivity contribution in [2.24, 2.45) is 5.84 Å². The summed E-state index contributed by atoms with van der Waals surface area (Å²) in [6, 6.07) is 5.52. The predicted octanol–water partition coefficient (Wildman–Crippen LogP) is 3.15. The highest BCUT2D eigenvalue weighted by atomic mass is 79.9. The number of benzene rings is 1. The van der Waals surface area contributed by atoms with Crippen molar-refractivity contribution >= 4 is 21.8 Å². The van der Waals surface area contributed by atoms with E-state index in [4.69, 9.17) is 15.0 Å². The van der Waals surface area contributed by atoms with Crippen molar-refractivity contribution < 1.29 is 13.9 Å². The van der Waals surface area contributed by atoms with E-state index in [1.807, 2.05) is 26.0 Å². The first-order valence-corrected chi connectivity index (χ1v) is 7.21. The van der Waals surface area contributed by atoms with E-state index in [9.17, 15) is 4.79 Å². The molecule has 0 aliphatic rings. The first-order valence-electron chi connectivity index (χ1n) is 6.42. The third-order valence-electron chi connectivity index (χ3n) is 3.14. The van der Waals surface area contributed by atoms with E-state index in [1.165, 1.54) is 0 Å². The van der Waals surface area contributed by atoms with E-state index in [1.54, 1.807) is 13.0 Å². The molecule has 0 radical (unpaired) electrons. The van der Waals surface area contributed by atoms with Crippen molar-refractivity contribution in [2.45, 2.75) is 27.4 Å². The zero-order valence-corrected chi connectivity index (χ0v) is 13.7. The first-order chi connectivity index (χ1) is 9.92. The number of halogens is 1. The second-order valence-corrected chi connectivity index (χ2v) is 5.61. The van der Waals surface area contributed by atoms with E-state index in [0.717, 1.165) is 21.3 Å². The molecule has 0 bridgehead atoms. The molecule has 0 spiro atoms. The van der Waals surface area contributed by atoms with Crippen LogP contribution < -0.4 is 16.0 Å². The van der Waals surface area contributed by atoms with Gasteiger partial charge in [0.1, 0.15) is 23.9 Å². The van der Waals surface area contributed by atoms with Crippen molar-refractivity contribution in [2.75, 3.05) is 0 Å². The number of rotatable bonds is 4. The number of hydrazine groups is 1. The van der Waals surface area contributed by atoms with Crippen LogP contribution in [0.25, 0.3) is 0 Å². The molecule has 112 valence electrons. The summed E-state index contributed by atoms with van der Waals surface area (Å²) in [6.45, 7) is 5.97. The molecule has 1 amide bonds. The Morgan fingerprint density at radius 1 is 1.29 bits per heavy atom. The van der Waals surface area contributed by atoms with Gasteiger partial charge >= 0.3 is 0 Å². The minimum absolute atomic E-state index is 0.249. The van der Waals surface area contributed by atoms with E-state index < -0.39 is 0 Å². The van der Waals surface area contributed by atoms with Crippen molar-refractivity contribution in [3.05, 3.63) is 50.9 Å². The number of nitrogens with two attached hydrogens (primary N) is 1. The molecule has 1 aromatic heterocycles. The molecule has 0 atom stereocenters. The lowest BCUT2D eigenvalue weighted by Crippen LogP contribution is -2.30. The standard InChI is InChI=1S/C15H17BrN2O3/c1-8-4-11(5-9(2)14(8)16)20-7-12-6-13(10(3)21-12)15(19)18-17/h4-6H,7,17H2,1-3H3,(H,18,19). The molecule has 0 saturated carbocycles. The fraction of sp³-hybridized carbons (Fsp3) is 0.267. The minimum Gasteiger partial charge on any atom is -0.486 e. The highest BCUT2D eigenvalue weighted by Crippen LogP contribution is 2.27. The number of carbonyl (C=O) groups excluding carboxylic acids is 1. The zero-order valence-electron chi connectivity index (χ0n) is 12.1. The van der Waals surface area contributed by atoms with Gasteiger partial charge in [-0.3, -0.25) is 10.2 Å². The summed E-state index contributed by atoms with van der Waals surface area (Å²) in [5.74, 6) is 6.58. The molecule has 0 saturated heterocycles. The summed E-state index contributed by atoms with van der Waals surface area (Å²) in [5.41, 5.74) is 4.70. The van der Waals surface area contributed by atoms with Gasteiger partial charge in [-0.2, -0.15) is 0 Å². The zero-order chi connectivity index (χ0) is 15.6. The summed E-state index contributed by atoms with van der Waals surface area (Å²) in [6.07, 6.45) is 0. The Kier molecular flexibility index (Phi) is 4.69. The van der Waals surface area contributed by atoms with Gasteiger partial charge in [0.2, 0.25) is 0 Å². The fourth-order valence-corrected chi connectivity index (χ4v) is 2.29. The largest absolute Gasteiger partial charge is 0.486 e. The van der Waals surface area contributed by atoms with Gasteiger partial charge in [0.25, 0.3) is 5.91 Å². The van der Waals surface area contributed by atoms with Crippen LogP contribution in [0.4, 0.5) is 0 Å². The molecule has 3 N–H and O–H groups in total. The molecular weight excluding hydrogens is 336 g/mol. The SMILES string of the molecule is Cc1cc(OCc2cc(C(=O)NN)c(C)o2)cc(C)c1Br. The molecule has 0 fully saturated rings. The van der Waals surface area contributed by atoms with Gasteiger partial charge < -0.3 is 9.15 Å². The Bertz CT molecular complexity index is 657. The van der Waals surface area contributed by atoms with Gasteiger partial charge in [0.15, 0.2) is 0 Å². The van der Waals surface area contributed by atoms with E-state index >= 15 is 0 Å². The van der Waals surface area contributed by atoms with Crippen LogP contribution in [0.5, 0.6) is 5.75 Å². The number of carbonyl (C=O) groups is 1. The summed E-state index contributed by atoms with van der Waals surface area (Å²) in [7, 11) is 0. The summed E-state index contributed by atoms with van der Waals surface area (Å²) >= 11 is 3.52. The monoisotopic (exact) mass is 352 g/mol. The Labute approximate surface area is 131 Å². The van der Waals surface area contributed by atoms with E-state index in [0.29, 0.717) is 17.1 Å². The maximum absolute atomic E-state index is 11.5. The van der Waals surface area contributed by atoms with E-state index in [2.05, 4.69) is 21.4 Å². The highest BCUT2D eigenvalue weighted by Gasteiger charge is 2.14. The van der Waals surface area contributed by atoms with Crippen molar-refractivity contribution in [1.82, 2.24) is 5.43 Å². The average molecular weight is 353 g/mol. The number of amides is 1. The van der Waals surface area contributed by atoms with Gasteiger partial charge in [0.05, 0.1) is 5.56 Å². The normalized spacial score (nSPS) is 10.5. The van der Waals surface area contributed by atoms with Gasteiger partial charge in [-0.1, -0.05) is 15.9 Å². The lowest BCUT2D eigenvalue weighted by atomic mass is 10.1. The maximum atomic E-state index is 11.5. The van der Waals surface area contributed by atoms with Crippen molar-refractivity contribution in [3.8, 4) is 5.75 Å². The number of hydrogen-bond donors (Lipinski definition) is 2. The molecule has 6 heteroatoms. The Hall–Kier alpha value is -1.79. The lowest BCUT2D eigenvalue weighted by Gasteiger charge is -2.09. The predicted molar refractivity (Wildman–Crippen MR) is 83.0 cm³/mol. The lowest BCUT2D eigenvalue weighted by molar-refractivity contribution is 0.0952. The van der Waals surface area contributed by atoms with Gasteiger partial charge in [-0.25, -0.2) is 5.84 Å². The fourth-order valence-electron chi connectivity index (χ4n) is 2.06. The minimum atomic E-state index is -0.377. The number of ether oxygens (including phenoxy) is 1. The molecule has 1 heterocycles. The number of hydrogen-bond acceptors (Lipinski definition) is 4. The molecule has 21 heavy (non-hydrogen) atoms. The summed E-state index contributed by atoms with van der Waals surface area (Å²) < 4.78 is 12.3. The molecule has 2 aromatic rings. The first kappa shape index (κ1) is 15.6. The van der Waals surface area contributed by atoms with Crippen molar-refractivity contribution in [1.29, 1.82) is 0 Å². The number of aryl methyl sites for hydroxylation is 3. The summed E-state index contributed by atoms with van der Waals surface area (Å²) in [5, 5.41) is 0. The quantitative estimate of drug-likeness (QED) is 0.503. The number of nitrogens with one attached hydrogen (secondary N) is 1. The Balaban J connectivity index is 2.12. The maximum Gasteiger partial charge on any atom is 0.268 e. The second kappa shape index (κ2) is 6.32. The molecule has 0 aliphatic carbocycles. The van der Waals surface area contributed by atoms with Crippen LogP contribution >= 0.6 is 15.9 Å². The molecule has 0 unspecified atom stereocenters. The Morgan fingerprint density at radius 3 is 2.48 bits per heavy atom. The third kappa shape index (κ3) is 3.46. The number of nitrogen functional groups attached to an aromatic ring is 1. The van der Waals surface area contributed by atoms with Gasteiger partial charge in [-0.15, -0.1) is 0 Å². The topological polar surface area (TPSA) is 77.5 Å². The van der Waals surface area contributed by atoms with Crippen LogP contribution in [0.2, 0.25) is 0 Å². The smallest absolute Gasteiger partial charge is 0.268 e. The molecule has 2 rings (SSSR count). The third-order valence-corrected chi connectivity index (χ3v) is 4.39. The molecular formula is C15H17BrN2O3. The van der Waals surface area contributed by atoms with Crippen LogP contribution in [0.15, 0.2) is 27.1 Å². The highest BCUT2D eigenvalue weighted by molar-refractivity contribution is 9.10. The van der Waals surface area contributed by atoms with Gasteiger partial charge in [-0.05, 0) is 50.1 Å². The molecule has 1 aromatic carbocycles. The van der Waals surface area contributed by atoms with Crippen LogP contribution in [0, 0.1) is 20.8 Å². The Morgan fingerprint density at radius 2 is 1.90 bits per heavy atom. The molecule has 0 aliphatic heterocycles. The second-order valence-electron chi connectivity index (χ2n) is 4.82. The van der Waals surface area contributed by atoms with Crippen LogP contribution in [-0.4, -0.2) is 5.91 Å². The average Bonchev–Trinajstić information content (AvgIpc) is 2.82. The van der Waals surface area contributed by atoms with Crippen LogP contribution in [-0.2, 0) is 6.61 Å². The van der Waals surface area contributed by atoms with Crippen LogP contribution in [0.1, 0.15) is 33.0 Å². The van der Waals surface area contributed by atoms with Crippen LogP contribution in [0.3, 0.4) is 0 Å². The van der Waals surface area contributed by atoms with Gasteiger partial charge in [0, 0.05) is 4.47 Å². The number of furan rings is 1. The summed E-state index contributed by atoms with van der Waals surface area (Å²) in [4.78, 5) is 11.5. The van der Waals surface area contributed by atoms with E-state index in [-0.39, 0.29) is 12.5 Å². The van der Waals surface area contributed by atoms with Crippen molar-refractivity contribution in [3.63, 3.8) is 0 Å².